The van der Waals surface area contributed by atoms with Crippen LogP contribution in [0.15, 0.2) is 35.5 Å². The molecule has 33 heavy (non-hydrogen) atoms. The maximum Gasteiger partial charge on any atom is 0.407 e. The number of nitrogens with one attached hydrogen (secondary N) is 2. The zero-order valence-electron chi connectivity index (χ0n) is 17.7. The first-order valence-corrected chi connectivity index (χ1v) is 11.7. The molecule has 0 bridgehead atoms. The Labute approximate surface area is 189 Å². The third-order valence-electron chi connectivity index (χ3n) is 5.21. The zero-order chi connectivity index (χ0) is 24.2. The van der Waals surface area contributed by atoms with Gasteiger partial charge in [0.1, 0.15) is 11.9 Å². The average Bonchev–Trinajstić information content (AvgIpc) is 3.16. The predicted octanol–water partition coefficient (Wildman–Crippen LogP) is 3.41. The fourth-order valence-electron chi connectivity index (χ4n) is 3.57. The number of halogens is 3. The smallest absolute Gasteiger partial charge is 0.407 e. The number of nitrogens with two attached hydrogens (primary N) is 1. The zero-order valence-corrected chi connectivity index (χ0v) is 18.5. The Morgan fingerprint density at radius 1 is 1.27 bits per heavy atom. The van der Waals surface area contributed by atoms with Gasteiger partial charge in [0.15, 0.2) is 0 Å². The van der Waals surface area contributed by atoms with Crippen molar-refractivity contribution in [2.75, 3.05) is 5.32 Å². The van der Waals surface area contributed by atoms with Gasteiger partial charge < -0.3 is 15.4 Å². The summed E-state index contributed by atoms with van der Waals surface area (Å²) in [6, 6.07) is 2.50. The molecule has 0 aliphatic heterocycles. The molecule has 1 amide bonds. The number of hydrogen-bond acceptors (Lipinski definition) is 7. The number of nitrogens with zero attached hydrogens (tertiary/aromatic N) is 2. The van der Waals surface area contributed by atoms with Gasteiger partial charge >= 0.3 is 6.09 Å². The summed E-state index contributed by atoms with van der Waals surface area (Å²) in [5, 5.41) is 10.0. The minimum Gasteiger partial charge on any atom is -0.446 e. The van der Waals surface area contributed by atoms with Crippen molar-refractivity contribution in [1.82, 2.24) is 15.3 Å². The van der Waals surface area contributed by atoms with Gasteiger partial charge in [0.05, 0.1) is 10.6 Å². The number of alkyl halides is 2. The molecule has 13 heteroatoms. The number of benzene rings is 1. The van der Waals surface area contributed by atoms with Crippen LogP contribution in [0.25, 0.3) is 0 Å². The van der Waals surface area contributed by atoms with Crippen LogP contribution in [-0.4, -0.2) is 43.1 Å². The van der Waals surface area contributed by atoms with Crippen molar-refractivity contribution in [2.24, 2.45) is 5.14 Å². The van der Waals surface area contributed by atoms with Gasteiger partial charge in [-0.25, -0.2) is 41.5 Å². The van der Waals surface area contributed by atoms with Gasteiger partial charge in [-0.05, 0) is 55.9 Å². The SMILES string of the molecule is C[C@H](CC(F)F)NC(=O)O[C@@H]1CC[C@H](c2cnc(Nc3ccc(S(N)(=O)=O)cc3F)nc2)C1. The van der Waals surface area contributed by atoms with E-state index >= 15 is 0 Å². The molecular formula is C20H24F3N5O4S. The summed E-state index contributed by atoms with van der Waals surface area (Å²) < 4.78 is 66.8. The third kappa shape index (κ3) is 7.02. The van der Waals surface area contributed by atoms with E-state index in [1.54, 1.807) is 12.4 Å². The Morgan fingerprint density at radius 3 is 2.58 bits per heavy atom. The van der Waals surface area contributed by atoms with Gasteiger partial charge in [-0.1, -0.05) is 0 Å². The van der Waals surface area contributed by atoms with E-state index in [2.05, 4.69) is 20.6 Å². The van der Waals surface area contributed by atoms with Crippen LogP contribution in [-0.2, 0) is 14.8 Å². The Morgan fingerprint density at radius 2 is 1.97 bits per heavy atom. The molecule has 3 atom stereocenters. The molecule has 0 spiro atoms. The van der Waals surface area contributed by atoms with E-state index in [0.717, 1.165) is 24.1 Å². The second-order valence-corrected chi connectivity index (χ2v) is 9.42. The van der Waals surface area contributed by atoms with Crippen molar-refractivity contribution in [3.05, 3.63) is 42.0 Å². The first kappa shape index (κ1) is 24.7. The Kier molecular flexibility index (Phi) is 7.74. The number of aromatic nitrogens is 2. The number of carbonyl (C=O) groups excluding carboxylic acids is 1. The molecule has 4 N–H and O–H groups in total. The summed E-state index contributed by atoms with van der Waals surface area (Å²) in [4.78, 5) is 19.8. The summed E-state index contributed by atoms with van der Waals surface area (Å²) in [5.74, 6) is -0.675. The lowest BCUT2D eigenvalue weighted by atomic mass is 10.0. The molecular weight excluding hydrogens is 463 g/mol. The largest absolute Gasteiger partial charge is 0.446 e. The highest BCUT2D eigenvalue weighted by Crippen LogP contribution is 2.35. The topological polar surface area (TPSA) is 136 Å². The van der Waals surface area contributed by atoms with Gasteiger partial charge in [-0.2, -0.15) is 0 Å². The Balaban J connectivity index is 1.54. The molecule has 1 aromatic carbocycles. The molecule has 2 aromatic rings. The van der Waals surface area contributed by atoms with E-state index < -0.39 is 40.8 Å². The lowest BCUT2D eigenvalue weighted by Crippen LogP contribution is -2.36. The van der Waals surface area contributed by atoms with E-state index in [9.17, 15) is 26.4 Å². The van der Waals surface area contributed by atoms with Crippen LogP contribution >= 0.6 is 0 Å². The summed E-state index contributed by atoms with van der Waals surface area (Å²) in [5.41, 5.74) is 0.791. The molecule has 1 fully saturated rings. The first-order valence-electron chi connectivity index (χ1n) is 10.2. The Bertz CT molecular complexity index is 1090. The standard InChI is InChI=1S/C20H24F3N5O4S/c1-11(6-18(22)23)27-20(29)32-14-3-2-12(7-14)13-9-25-19(26-10-13)28-17-5-4-15(8-16(17)21)33(24,30)31/h4-5,8-12,14,18H,2-3,6-7H2,1H3,(H,27,29)(H2,24,30,31)(H,25,26,28)/t11-,12+,14-/m1/s1. The number of ether oxygens (including phenoxy) is 1. The summed E-state index contributed by atoms with van der Waals surface area (Å²) in [6.07, 6.45) is 1.00. The number of alkyl carbamates (subject to hydrolysis) is 1. The van der Waals surface area contributed by atoms with Crippen molar-refractivity contribution >= 4 is 27.8 Å². The van der Waals surface area contributed by atoms with Gasteiger partial charge in [0.2, 0.25) is 22.4 Å². The second-order valence-electron chi connectivity index (χ2n) is 7.86. The molecule has 1 aliphatic rings. The number of rotatable bonds is 8. The van der Waals surface area contributed by atoms with Gasteiger partial charge in [0.25, 0.3) is 0 Å². The van der Waals surface area contributed by atoms with E-state index in [4.69, 9.17) is 9.88 Å². The van der Waals surface area contributed by atoms with E-state index in [0.29, 0.717) is 12.8 Å². The lowest BCUT2D eigenvalue weighted by molar-refractivity contribution is 0.0895. The highest BCUT2D eigenvalue weighted by Gasteiger charge is 2.29. The molecule has 9 nitrogen and oxygen atoms in total. The van der Waals surface area contributed by atoms with E-state index in [1.165, 1.54) is 13.0 Å². The first-order chi connectivity index (χ1) is 15.5. The summed E-state index contributed by atoms with van der Waals surface area (Å²) >= 11 is 0. The van der Waals surface area contributed by atoms with Crippen molar-refractivity contribution in [3.63, 3.8) is 0 Å². The molecule has 0 saturated heterocycles. The number of primary sulfonamides is 1. The van der Waals surface area contributed by atoms with E-state index in [1.807, 2.05) is 0 Å². The van der Waals surface area contributed by atoms with Crippen LogP contribution < -0.4 is 15.8 Å². The predicted molar refractivity (Wildman–Crippen MR) is 113 cm³/mol. The van der Waals surface area contributed by atoms with Crippen molar-refractivity contribution in [1.29, 1.82) is 0 Å². The van der Waals surface area contributed by atoms with Crippen LogP contribution in [0, 0.1) is 5.82 Å². The molecule has 1 aliphatic carbocycles. The number of sulfonamides is 1. The monoisotopic (exact) mass is 487 g/mol. The summed E-state index contributed by atoms with van der Waals surface area (Å²) in [6.45, 7) is 1.48. The van der Waals surface area contributed by atoms with Crippen LogP contribution in [0.2, 0.25) is 0 Å². The number of amides is 1. The second kappa shape index (κ2) is 10.3. The maximum absolute atomic E-state index is 14.2. The van der Waals surface area contributed by atoms with E-state index in [-0.39, 0.29) is 28.6 Å². The maximum atomic E-state index is 14.2. The summed E-state index contributed by atoms with van der Waals surface area (Å²) in [7, 11) is -4.02. The van der Waals surface area contributed by atoms with Gasteiger partial charge in [0, 0.05) is 24.9 Å². The highest BCUT2D eigenvalue weighted by atomic mass is 32.2. The molecule has 1 heterocycles. The van der Waals surface area contributed by atoms with Gasteiger partial charge in [-0.15, -0.1) is 0 Å². The van der Waals surface area contributed by atoms with Crippen LogP contribution in [0.4, 0.5) is 29.6 Å². The van der Waals surface area contributed by atoms with Crippen molar-refractivity contribution < 1.29 is 31.1 Å². The van der Waals surface area contributed by atoms with Crippen LogP contribution in [0.3, 0.4) is 0 Å². The lowest BCUT2D eigenvalue weighted by Gasteiger charge is -2.17. The molecule has 180 valence electrons. The minimum atomic E-state index is -4.02. The number of carbonyl (C=O) groups is 1. The molecule has 0 unspecified atom stereocenters. The molecule has 0 radical (unpaired) electrons. The van der Waals surface area contributed by atoms with Crippen molar-refractivity contribution in [3.8, 4) is 0 Å². The fraction of sp³-hybridized carbons (Fsp3) is 0.450. The number of hydrogen-bond donors (Lipinski definition) is 3. The Hall–Kier alpha value is -2.93. The van der Waals surface area contributed by atoms with Crippen LogP contribution in [0.1, 0.15) is 44.1 Å². The van der Waals surface area contributed by atoms with Crippen LogP contribution in [0.5, 0.6) is 0 Å². The molecule has 3 rings (SSSR count). The van der Waals surface area contributed by atoms with Crippen molar-refractivity contribution in [2.45, 2.75) is 62.0 Å². The minimum absolute atomic E-state index is 0.0171. The fourth-order valence-corrected chi connectivity index (χ4v) is 4.10. The molecule has 1 saturated carbocycles. The highest BCUT2D eigenvalue weighted by molar-refractivity contribution is 7.89. The average molecular weight is 488 g/mol. The van der Waals surface area contributed by atoms with Gasteiger partial charge in [-0.3, -0.25) is 0 Å². The third-order valence-corrected chi connectivity index (χ3v) is 6.12. The normalized spacial score (nSPS) is 19.3. The number of anilines is 2. The quantitative estimate of drug-likeness (QED) is 0.519. The molecule has 1 aromatic heterocycles.